The van der Waals surface area contributed by atoms with Gasteiger partial charge in [-0.25, -0.2) is 9.97 Å². The van der Waals surface area contributed by atoms with Gasteiger partial charge in [0.1, 0.15) is 11.4 Å². The van der Waals surface area contributed by atoms with Gasteiger partial charge in [0.05, 0.1) is 12.2 Å². The van der Waals surface area contributed by atoms with E-state index in [0.29, 0.717) is 23.2 Å². The average molecular weight is 347 g/mol. The Bertz CT molecular complexity index is 835. The van der Waals surface area contributed by atoms with Crippen molar-refractivity contribution < 1.29 is 4.39 Å². The molecule has 0 aliphatic heterocycles. The molecule has 0 atom stereocenters. The summed E-state index contributed by atoms with van der Waals surface area (Å²) in [6, 6.07) is 6.36. The normalized spacial score (nSPS) is 10.8. The van der Waals surface area contributed by atoms with Crippen LogP contribution in [0.4, 0.5) is 10.1 Å². The lowest BCUT2D eigenvalue weighted by atomic mass is 10.3. The Morgan fingerprint density at radius 3 is 2.96 bits per heavy atom. The van der Waals surface area contributed by atoms with Gasteiger partial charge in [-0.3, -0.25) is 0 Å². The highest BCUT2D eigenvalue weighted by Crippen LogP contribution is 2.21. The summed E-state index contributed by atoms with van der Waals surface area (Å²) in [7, 11) is 0. The summed E-state index contributed by atoms with van der Waals surface area (Å²) in [6.07, 6.45) is 4.41. The number of hydrogen-bond acceptors (Lipinski definition) is 5. The molecule has 0 amide bonds. The van der Waals surface area contributed by atoms with Crippen molar-refractivity contribution in [2.45, 2.75) is 19.9 Å². The number of imidazole rings is 1. The van der Waals surface area contributed by atoms with Gasteiger partial charge in [-0.15, -0.1) is 5.10 Å². The van der Waals surface area contributed by atoms with Crippen LogP contribution in [0.15, 0.2) is 36.7 Å². The Labute approximate surface area is 143 Å². The Morgan fingerprint density at radius 2 is 2.17 bits per heavy atom. The largest absolute Gasteiger partial charge is 0.383 e. The van der Waals surface area contributed by atoms with E-state index in [1.165, 1.54) is 6.07 Å². The molecule has 0 saturated heterocycles. The van der Waals surface area contributed by atoms with Crippen molar-refractivity contribution in [2.24, 2.45) is 0 Å². The summed E-state index contributed by atoms with van der Waals surface area (Å²) in [5.41, 5.74) is 2.01. The third kappa shape index (κ3) is 3.68. The molecular weight excluding hydrogens is 331 g/mol. The maximum Gasteiger partial charge on any atom is 0.213 e. The third-order valence-corrected chi connectivity index (χ3v) is 3.57. The van der Waals surface area contributed by atoms with Gasteiger partial charge < -0.3 is 9.88 Å². The first-order valence-corrected chi connectivity index (χ1v) is 7.95. The van der Waals surface area contributed by atoms with Crippen molar-refractivity contribution in [2.75, 3.05) is 11.9 Å². The van der Waals surface area contributed by atoms with Gasteiger partial charge in [0.15, 0.2) is 11.0 Å². The quantitative estimate of drug-likeness (QED) is 0.693. The summed E-state index contributed by atoms with van der Waals surface area (Å²) in [5.74, 6) is 0.0197. The molecule has 0 saturated carbocycles. The molecule has 3 aromatic heterocycles. The molecule has 0 aromatic carbocycles. The maximum atomic E-state index is 13.4. The first kappa shape index (κ1) is 16.3. The summed E-state index contributed by atoms with van der Waals surface area (Å²) >= 11 is 5.94. The molecule has 3 heterocycles. The molecule has 0 radical (unpaired) electrons. The van der Waals surface area contributed by atoms with Gasteiger partial charge in [-0.2, -0.15) is 9.49 Å². The first-order valence-electron chi connectivity index (χ1n) is 7.57. The van der Waals surface area contributed by atoms with Gasteiger partial charge in [-0.1, -0.05) is 24.6 Å². The smallest absolute Gasteiger partial charge is 0.213 e. The van der Waals surface area contributed by atoms with Crippen molar-refractivity contribution in [1.82, 2.24) is 24.7 Å². The standard InChI is InChI=1S/C16H16ClFN6/c1-2-6-19-12-9-14(17)23-22-13(12)10-24-8-7-20-16(24)11-4-3-5-15(18)21-11/h3-5,7-9H,2,6,10H2,1H3,(H,19,23). The van der Waals surface area contributed by atoms with Crippen LogP contribution >= 0.6 is 11.6 Å². The molecule has 0 fully saturated rings. The maximum absolute atomic E-state index is 13.4. The number of anilines is 1. The molecule has 6 nitrogen and oxygen atoms in total. The van der Waals surface area contributed by atoms with E-state index in [0.717, 1.165) is 24.3 Å². The van der Waals surface area contributed by atoms with Crippen LogP contribution in [0.2, 0.25) is 5.15 Å². The molecular formula is C16H16ClFN6. The van der Waals surface area contributed by atoms with Crippen LogP contribution in [-0.2, 0) is 6.54 Å². The molecule has 0 aliphatic carbocycles. The minimum atomic E-state index is -0.543. The summed E-state index contributed by atoms with van der Waals surface area (Å²) in [6.45, 7) is 3.30. The highest BCUT2D eigenvalue weighted by Gasteiger charge is 2.12. The van der Waals surface area contributed by atoms with Gasteiger partial charge in [0.2, 0.25) is 5.95 Å². The van der Waals surface area contributed by atoms with Gasteiger partial charge >= 0.3 is 0 Å². The summed E-state index contributed by atoms with van der Waals surface area (Å²) in [4.78, 5) is 8.15. The number of halogens is 2. The zero-order valence-corrected chi connectivity index (χ0v) is 13.8. The Morgan fingerprint density at radius 1 is 1.29 bits per heavy atom. The molecule has 3 aromatic rings. The molecule has 0 bridgehead atoms. The molecule has 124 valence electrons. The van der Waals surface area contributed by atoms with E-state index in [1.807, 2.05) is 4.57 Å². The second kappa shape index (κ2) is 7.35. The number of pyridine rings is 1. The van der Waals surface area contributed by atoms with Gasteiger partial charge in [-0.05, 0) is 18.6 Å². The monoisotopic (exact) mass is 346 g/mol. The highest BCUT2D eigenvalue weighted by molar-refractivity contribution is 6.29. The lowest BCUT2D eigenvalue weighted by Gasteiger charge is -2.12. The second-order valence-electron chi connectivity index (χ2n) is 5.18. The number of aromatic nitrogens is 5. The number of nitrogens with zero attached hydrogens (tertiary/aromatic N) is 5. The Kier molecular flexibility index (Phi) is 5.00. The third-order valence-electron chi connectivity index (χ3n) is 3.39. The van der Waals surface area contributed by atoms with Crippen molar-refractivity contribution >= 4 is 17.3 Å². The molecule has 0 unspecified atom stereocenters. The van der Waals surface area contributed by atoms with Crippen molar-refractivity contribution in [1.29, 1.82) is 0 Å². The number of nitrogens with one attached hydrogen (secondary N) is 1. The fraction of sp³-hybridized carbons (Fsp3) is 0.250. The van der Waals surface area contributed by atoms with E-state index in [4.69, 9.17) is 11.6 Å². The lowest BCUT2D eigenvalue weighted by molar-refractivity contribution is 0.584. The minimum Gasteiger partial charge on any atom is -0.383 e. The predicted molar refractivity (Wildman–Crippen MR) is 90.3 cm³/mol. The minimum absolute atomic E-state index is 0.329. The average Bonchev–Trinajstić information content (AvgIpc) is 3.03. The molecule has 1 N–H and O–H groups in total. The molecule has 3 rings (SSSR count). The predicted octanol–water partition coefficient (Wildman–Crippen LogP) is 3.40. The molecule has 8 heteroatoms. The fourth-order valence-electron chi connectivity index (χ4n) is 2.29. The van der Waals surface area contributed by atoms with E-state index in [1.54, 1.807) is 30.6 Å². The molecule has 24 heavy (non-hydrogen) atoms. The van der Waals surface area contributed by atoms with Crippen LogP contribution in [0, 0.1) is 5.95 Å². The summed E-state index contributed by atoms with van der Waals surface area (Å²) in [5, 5.41) is 11.7. The van der Waals surface area contributed by atoms with Crippen LogP contribution in [0.1, 0.15) is 19.0 Å². The zero-order chi connectivity index (χ0) is 16.9. The van der Waals surface area contributed by atoms with Crippen molar-refractivity contribution in [3.63, 3.8) is 0 Å². The van der Waals surface area contributed by atoms with Crippen LogP contribution in [0.5, 0.6) is 0 Å². The molecule has 0 spiro atoms. The number of rotatable bonds is 6. The van der Waals surface area contributed by atoms with Crippen LogP contribution < -0.4 is 5.32 Å². The van der Waals surface area contributed by atoms with Gasteiger partial charge in [0, 0.05) is 25.0 Å². The molecule has 0 aliphatic rings. The zero-order valence-electron chi connectivity index (χ0n) is 13.1. The van der Waals surface area contributed by atoms with Crippen LogP contribution in [0.3, 0.4) is 0 Å². The second-order valence-corrected chi connectivity index (χ2v) is 5.57. The highest BCUT2D eigenvalue weighted by atomic mass is 35.5. The lowest BCUT2D eigenvalue weighted by Crippen LogP contribution is -2.10. The Balaban J connectivity index is 1.91. The summed E-state index contributed by atoms with van der Waals surface area (Å²) < 4.78 is 15.2. The number of hydrogen-bond donors (Lipinski definition) is 1. The van der Waals surface area contributed by atoms with E-state index < -0.39 is 5.95 Å². The van der Waals surface area contributed by atoms with Crippen molar-refractivity contribution in [3.8, 4) is 11.5 Å². The topological polar surface area (TPSA) is 68.5 Å². The van der Waals surface area contributed by atoms with Gasteiger partial charge in [0.25, 0.3) is 0 Å². The van der Waals surface area contributed by atoms with Crippen molar-refractivity contribution in [3.05, 3.63) is 53.5 Å². The van der Waals surface area contributed by atoms with E-state index in [-0.39, 0.29) is 0 Å². The Hall–Kier alpha value is -2.54. The van der Waals surface area contributed by atoms with E-state index >= 15 is 0 Å². The van der Waals surface area contributed by atoms with Crippen LogP contribution in [0.25, 0.3) is 11.5 Å². The fourth-order valence-corrected chi connectivity index (χ4v) is 2.43. The van der Waals surface area contributed by atoms with Crippen LogP contribution in [-0.4, -0.2) is 31.3 Å². The first-order chi connectivity index (χ1) is 11.7. The SMILES string of the molecule is CCCNc1cc(Cl)nnc1Cn1ccnc1-c1cccc(F)n1. The van der Waals surface area contributed by atoms with E-state index in [2.05, 4.69) is 32.4 Å². The van der Waals surface area contributed by atoms with E-state index in [9.17, 15) is 4.39 Å².